The molecule has 94 valence electrons. The number of methoxy groups -OCH3 is 1. The van der Waals surface area contributed by atoms with Crippen LogP contribution >= 0.6 is 11.8 Å². The maximum absolute atomic E-state index is 12.1. The minimum absolute atomic E-state index is 0.0262. The monoisotopic (exact) mass is 256 g/mol. The molecule has 0 N–H and O–H groups in total. The third-order valence-corrected chi connectivity index (χ3v) is 3.00. The number of ether oxygens (including phenoxy) is 1. The number of hydrogen-bond acceptors (Lipinski definition) is 5. The van der Waals surface area contributed by atoms with Crippen molar-refractivity contribution >= 4 is 17.7 Å². The molecular weight excluding hydrogens is 240 g/mol. The first-order valence-electron chi connectivity index (χ1n) is 5.35. The third-order valence-electron chi connectivity index (χ3n) is 2.15. The summed E-state index contributed by atoms with van der Waals surface area (Å²) in [6.07, 6.45) is 1.28. The van der Waals surface area contributed by atoms with Crippen molar-refractivity contribution in [2.24, 2.45) is 0 Å². The van der Waals surface area contributed by atoms with E-state index in [0.717, 1.165) is 5.75 Å². The first kappa shape index (κ1) is 13.8. The zero-order chi connectivity index (χ0) is 13.0. The van der Waals surface area contributed by atoms with E-state index in [2.05, 4.69) is 9.72 Å². The lowest BCUT2D eigenvalue weighted by molar-refractivity contribution is 0.0596. The van der Waals surface area contributed by atoms with E-state index in [4.69, 9.17) is 0 Å². The molecule has 0 amide bonds. The molecule has 0 aliphatic rings. The van der Waals surface area contributed by atoms with Crippen LogP contribution in [0.25, 0.3) is 0 Å². The molecule has 0 atom stereocenters. The molecule has 0 radical (unpaired) electrons. The van der Waals surface area contributed by atoms with Gasteiger partial charge in [-0.25, -0.2) is 9.78 Å². The maximum Gasteiger partial charge on any atom is 0.345 e. The Hall–Kier alpha value is -1.30. The van der Waals surface area contributed by atoms with E-state index in [-0.39, 0.29) is 17.2 Å². The highest BCUT2D eigenvalue weighted by Crippen LogP contribution is 2.17. The lowest BCUT2D eigenvalue weighted by Gasteiger charge is -2.15. The van der Waals surface area contributed by atoms with Crippen molar-refractivity contribution in [1.82, 2.24) is 9.55 Å². The Bertz CT molecular complexity index is 468. The zero-order valence-corrected chi connectivity index (χ0v) is 11.2. The summed E-state index contributed by atoms with van der Waals surface area (Å²) in [6, 6.07) is -0.0475. The number of esters is 1. The molecule has 0 spiro atoms. The molecular formula is C11H16N2O3S. The SMILES string of the molecule is CCSc1ncc(C(=O)OC)c(=O)n1C(C)C. The van der Waals surface area contributed by atoms with Gasteiger partial charge in [-0.15, -0.1) is 0 Å². The Morgan fingerprint density at radius 2 is 2.24 bits per heavy atom. The molecule has 0 aromatic carbocycles. The summed E-state index contributed by atoms with van der Waals surface area (Å²) >= 11 is 1.47. The number of aromatic nitrogens is 2. The molecule has 6 heteroatoms. The smallest absolute Gasteiger partial charge is 0.345 e. The van der Waals surface area contributed by atoms with Crippen LogP contribution in [0, 0.1) is 0 Å². The Morgan fingerprint density at radius 1 is 1.59 bits per heavy atom. The van der Waals surface area contributed by atoms with Crippen molar-refractivity contribution in [3.05, 3.63) is 22.1 Å². The highest BCUT2D eigenvalue weighted by molar-refractivity contribution is 7.99. The molecule has 0 fully saturated rings. The molecule has 0 aliphatic heterocycles. The summed E-state index contributed by atoms with van der Waals surface area (Å²) in [5, 5.41) is 0.625. The van der Waals surface area contributed by atoms with Gasteiger partial charge in [0.15, 0.2) is 5.16 Å². The number of carbonyl (C=O) groups excluding carboxylic acids is 1. The summed E-state index contributed by atoms with van der Waals surface area (Å²) in [6.45, 7) is 5.74. The molecule has 17 heavy (non-hydrogen) atoms. The van der Waals surface area contributed by atoms with Crippen LogP contribution in [-0.4, -0.2) is 28.4 Å². The zero-order valence-electron chi connectivity index (χ0n) is 10.4. The van der Waals surface area contributed by atoms with Gasteiger partial charge >= 0.3 is 5.97 Å². The molecule has 1 heterocycles. The average molecular weight is 256 g/mol. The van der Waals surface area contributed by atoms with Crippen LogP contribution in [0.15, 0.2) is 16.1 Å². The molecule has 0 saturated heterocycles. The second kappa shape index (κ2) is 5.86. The van der Waals surface area contributed by atoms with Crippen molar-refractivity contribution in [2.45, 2.75) is 32.0 Å². The molecule has 1 aromatic heterocycles. The second-order valence-electron chi connectivity index (χ2n) is 3.65. The molecule has 0 aliphatic carbocycles. The van der Waals surface area contributed by atoms with Crippen molar-refractivity contribution < 1.29 is 9.53 Å². The molecule has 0 unspecified atom stereocenters. The largest absolute Gasteiger partial charge is 0.465 e. The van der Waals surface area contributed by atoms with Gasteiger partial charge in [0.05, 0.1) is 13.3 Å². The summed E-state index contributed by atoms with van der Waals surface area (Å²) < 4.78 is 6.07. The van der Waals surface area contributed by atoms with Gasteiger partial charge in [0.1, 0.15) is 5.56 Å². The standard InChI is InChI=1S/C11H16N2O3S/c1-5-17-11-12-6-8(10(15)16-4)9(14)13(11)7(2)3/h6-7H,5H2,1-4H3. The molecule has 1 rings (SSSR count). The van der Waals surface area contributed by atoms with Gasteiger partial charge in [-0.05, 0) is 19.6 Å². The number of thioether (sulfide) groups is 1. The van der Waals surface area contributed by atoms with Crippen molar-refractivity contribution in [2.75, 3.05) is 12.9 Å². The van der Waals surface area contributed by atoms with E-state index < -0.39 is 5.97 Å². The lowest BCUT2D eigenvalue weighted by atomic mass is 10.3. The van der Waals surface area contributed by atoms with E-state index in [1.54, 1.807) is 0 Å². The van der Waals surface area contributed by atoms with E-state index >= 15 is 0 Å². The first-order chi connectivity index (χ1) is 8.02. The number of rotatable bonds is 4. The van der Waals surface area contributed by atoms with Crippen LogP contribution < -0.4 is 5.56 Å². The minimum atomic E-state index is -0.648. The fraction of sp³-hybridized carbons (Fsp3) is 0.545. The van der Waals surface area contributed by atoms with Gasteiger partial charge in [-0.1, -0.05) is 18.7 Å². The van der Waals surface area contributed by atoms with E-state index in [9.17, 15) is 9.59 Å². The Balaban J connectivity index is 3.38. The van der Waals surface area contributed by atoms with Crippen LogP contribution in [0.4, 0.5) is 0 Å². The first-order valence-corrected chi connectivity index (χ1v) is 6.34. The third kappa shape index (κ3) is 2.88. The fourth-order valence-electron chi connectivity index (χ4n) is 1.40. The summed E-state index contributed by atoms with van der Waals surface area (Å²) in [5.74, 6) is 0.168. The van der Waals surface area contributed by atoms with E-state index in [1.165, 1.54) is 29.6 Å². The predicted octanol–water partition coefficient (Wildman–Crippen LogP) is 1.72. The van der Waals surface area contributed by atoms with E-state index in [1.807, 2.05) is 20.8 Å². The average Bonchev–Trinajstić information content (AvgIpc) is 2.28. The van der Waals surface area contributed by atoms with Crippen LogP contribution in [0.5, 0.6) is 0 Å². The molecule has 5 nitrogen and oxygen atoms in total. The van der Waals surface area contributed by atoms with Crippen LogP contribution in [0.2, 0.25) is 0 Å². The van der Waals surface area contributed by atoms with Crippen molar-refractivity contribution in [1.29, 1.82) is 0 Å². The van der Waals surface area contributed by atoms with Gasteiger partial charge in [0.2, 0.25) is 0 Å². The van der Waals surface area contributed by atoms with E-state index in [0.29, 0.717) is 5.16 Å². The highest BCUT2D eigenvalue weighted by atomic mass is 32.2. The fourth-order valence-corrected chi connectivity index (χ4v) is 2.21. The number of nitrogens with zero attached hydrogens (tertiary/aromatic N) is 2. The maximum atomic E-state index is 12.1. The predicted molar refractivity (Wildman–Crippen MR) is 66.6 cm³/mol. The number of carbonyl (C=O) groups is 1. The highest BCUT2D eigenvalue weighted by Gasteiger charge is 2.18. The van der Waals surface area contributed by atoms with Gasteiger partial charge < -0.3 is 4.74 Å². The van der Waals surface area contributed by atoms with Gasteiger partial charge in [-0.3, -0.25) is 9.36 Å². The summed E-state index contributed by atoms with van der Waals surface area (Å²) in [7, 11) is 1.25. The Kier molecular flexibility index (Phi) is 4.74. The topological polar surface area (TPSA) is 61.2 Å². The summed E-state index contributed by atoms with van der Waals surface area (Å²) in [4.78, 5) is 27.7. The minimum Gasteiger partial charge on any atom is -0.465 e. The lowest BCUT2D eigenvalue weighted by Crippen LogP contribution is -2.30. The molecule has 1 aromatic rings. The van der Waals surface area contributed by atoms with Gasteiger partial charge in [0.25, 0.3) is 5.56 Å². The normalized spacial score (nSPS) is 10.6. The molecule has 0 bridgehead atoms. The Labute approximate surface area is 104 Å². The van der Waals surface area contributed by atoms with Crippen LogP contribution in [-0.2, 0) is 4.74 Å². The van der Waals surface area contributed by atoms with Crippen molar-refractivity contribution in [3.8, 4) is 0 Å². The van der Waals surface area contributed by atoms with Crippen molar-refractivity contribution in [3.63, 3.8) is 0 Å². The van der Waals surface area contributed by atoms with Gasteiger partial charge in [-0.2, -0.15) is 0 Å². The summed E-state index contributed by atoms with van der Waals surface area (Å²) in [5.41, 5.74) is -0.376. The Morgan fingerprint density at radius 3 is 2.71 bits per heavy atom. The molecule has 0 saturated carbocycles. The second-order valence-corrected chi connectivity index (χ2v) is 4.88. The number of hydrogen-bond donors (Lipinski definition) is 0. The van der Waals surface area contributed by atoms with Crippen LogP contribution in [0.3, 0.4) is 0 Å². The van der Waals surface area contributed by atoms with Crippen LogP contribution in [0.1, 0.15) is 37.2 Å². The quantitative estimate of drug-likeness (QED) is 0.466. The van der Waals surface area contributed by atoms with Gasteiger partial charge in [0, 0.05) is 6.04 Å².